The number of aromatic nitrogens is 2. The minimum atomic E-state index is 0.537. The molecular weight excluding hydrogens is 256 g/mol. The molecule has 0 amide bonds. The molecule has 0 bridgehead atoms. The maximum Gasteiger partial charge on any atom is 0.201 e. The van der Waals surface area contributed by atoms with Crippen LogP contribution in [0.15, 0.2) is 18.2 Å². The van der Waals surface area contributed by atoms with Crippen molar-refractivity contribution in [1.82, 2.24) is 9.55 Å². The van der Waals surface area contributed by atoms with Gasteiger partial charge in [-0.2, -0.15) is 17.0 Å². The van der Waals surface area contributed by atoms with Crippen molar-refractivity contribution in [3.8, 4) is 6.07 Å². The third-order valence-electron chi connectivity index (χ3n) is 3.14. The molecule has 0 aliphatic carbocycles. The predicted octanol–water partition coefficient (Wildman–Crippen LogP) is 3.02. The van der Waals surface area contributed by atoms with Crippen molar-refractivity contribution in [2.24, 2.45) is 0 Å². The first-order valence-electron chi connectivity index (χ1n) is 6.41. The number of imidazole rings is 1. The monoisotopic (exact) mass is 274 g/mol. The van der Waals surface area contributed by atoms with Crippen LogP contribution in [-0.2, 0) is 6.54 Å². The average Bonchev–Trinajstić information content (AvgIpc) is 2.74. The quantitative estimate of drug-likeness (QED) is 0.822. The number of hydrogen-bond acceptors (Lipinski definition) is 4. The third-order valence-corrected chi connectivity index (χ3v) is 3.83. The van der Waals surface area contributed by atoms with Crippen molar-refractivity contribution in [3.63, 3.8) is 0 Å². The SMILES string of the molecule is CSCCCCCn1c(N)nc2ccc(C#N)cc21. The van der Waals surface area contributed by atoms with Gasteiger partial charge in [-0.15, -0.1) is 0 Å². The molecular formula is C14H18N4S. The van der Waals surface area contributed by atoms with Crippen molar-refractivity contribution in [1.29, 1.82) is 5.26 Å². The van der Waals surface area contributed by atoms with Crippen molar-refractivity contribution in [2.45, 2.75) is 25.8 Å². The normalized spacial score (nSPS) is 10.7. The Labute approximate surface area is 117 Å². The first-order valence-corrected chi connectivity index (χ1v) is 7.80. The molecule has 0 saturated carbocycles. The van der Waals surface area contributed by atoms with Crippen molar-refractivity contribution < 1.29 is 0 Å². The van der Waals surface area contributed by atoms with Crippen molar-refractivity contribution in [3.05, 3.63) is 23.8 Å². The highest BCUT2D eigenvalue weighted by molar-refractivity contribution is 7.98. The second-order valence-electron chi connectivity index (χ2n) is 4.49. The number of benzene rings is 1. The fourth-order valence-electron chi connectivity index (χ4n) is 2.14. The van der Waals surface area contributed by atoms with Crippen LogP contribution in [0.1, 0.15) is 24.8 Å². The Morgan fingerprint density at radius 3 is 2.95 bits per heavy atom. The Balaban J connectivity index is 2.13. The van der Waals surface area contributed by atoms with Crippen LogP contribution in [0.2, 0.25) is 0 Å². The van der Waals surface area contributed by atoms with E-state index in [9.17, 15) is 0 Å². The fraction of sp³-hybridized carbons (Fsp3) is 0.429. The van der Waals surface area contributed by atoms with E-state index in [-0.39, 0.29) is 0 Å². The topological polar surface area (TPSA) is 67.6 Å². The van der Waals surface area contributed by atoms with Gasteiger partial charge < -0.3 is 10.3 Å². The maximum atomic E-state index is 8.95. The summed E-state index contributed by atoms with van der Waals surface area (Å²) in [5, 5.41) is 8.95. The highest BCUT2D eigenvalue weighted by Crippen LogP contribution is 2.20. The number of unbranched alkanes of at least 4 members (excludes halogenated alkanes) is 2. The number of nitrogen functional groups attached to an aromatic ring is 1. The van der Waals surface area contributed by atoms with Crippen molar-refractivity contribution >= 4 is 28.7 Å². The van der Waals surface area contributed by atoms with Gasteiger partial charge in [-0.25, -0.2) is 4.98 Å². The van der Waals surface area contributed by atoms with E-state index in [4.69, 9.17) is 11.0 Å². The maximum absolute atomic E-state index is 8.95. The summed E-state index contributed by atoms with van der Waals surface area (Å²) in [7, 11) is 0. The zero-order valence-corrected chi connectivity index (χ0v) is 11.9. The molecule has 0 fully saturated rings. The average molecular weight is 274 g/mol. The molecule has 0 unspecified atom stereocenters. The van der Waals surface area contributed by atoms with Gasteiger partial charge in [0.1, 0.15) is 0 Å². The summed E-state index contributed by atoms with van der Waals surface area (Å²) in [6.07, 6.45) is 5.65. The lowest BCUT2D eigenvalue weighted by molar-refractivity contribution is 0.621. The Hall–Kier alpha value is -1.67. The number of aryl methyl sites for hydroxylation is 1. The lowest BCUT2D eigenvalue weighted by atomic mass is 10.2. The standard InChI is InChI=1S/C14H18N4S/c1-19-8-4-2-3-7-18-13-9-11(10-15)5-6-12(13)17-14(18)16/h5-6,9H,2-4,7-8H2,1H3,(H2,16,17). The predicted molar refractivity (Wildman–Crippen MR) is 81.1 cm³/mol. The van der Waals surface area contributed by atoms with Gasteiger partial charge in [0.05, 0.1) is 22.7 Å². The number of nitrogens with zero attached hydrogens (tertiary/aromatic N) is 3. The first kappa shape index (κ1) is 13.8. The van der Waals surface area contributed by atoms with Crippen LogP contribution in [0.4, 0.5) is 5.95 Å². The molecule has 100 valence electrons. The van der Waals surface area contributed by atoms with Crippen LogP contribution in [0.5, 0.6) is 0 Å². The molecule has 0 atom stereocenters. The summed E-state index contributed by atoms with van der Waals surface area (Å²) >= 11 is 1.88. The molecule has 1 aromatic carbocycles. The summed E-state index contributed by atoms with van der Waals surface area (Å²) in [4.78, 5) is 4.33. The zero-order valence-electron chi connectivity index (χ0n) is 11.1. The van der Waals surface area contributed by atoms with E-state index in [1.807, 2.05) is 28.5 Å². The second-order valence-corrected chi connectivity index (χ2v) is 5.48. The molecule has 5 heteroatoms. The van der Waals surface area contributed by atoms with Gasteiger partial charge in [-0.1, -0.05) is 6.42 Å². The Bertz CT molecular complexity index is 597. The van der Waals surface area contributed by atoms with E-state index in [1.54, 1.807) is 6.07 Å². The van der Waals surface area contributed by atoms with Crippen LogP contribution in [-0.4, -0.2) is 21.6 Å². The number of hydrogen-bond donors (Lipinski definition) is 1. The number of anilines is 1. The van der Waals surface area contributed by atoms with E-state index >= 15 is 0 Å². The van der Waals surface area contributed by atoms with Crippen LogP contribution < -0.4 is 5.73 Å². The van der Waals surface area contributed by atoms with Gasteiger partial charge >= 0.3 is 0 Å². The molecule has 1 heterocycles. The van der Waals surface area contributed by atoms with Gasteiger partial charge in [0.2, 0.25) is 5.95 Å². The Kier molecular flexibility index (Phi) is 4.69. The van der Waals surface area contributed by atoms with E-state index in [0.717, 1.165) is 24.0 Å². The molecule has 0 aliphatic rings. The lowest BCUT2D eigenvalue weighted by Crippen LogP contribution is -2.03. The minimum Gasteiger partial charge on any atom is -0.369 e. The summed E-state index contributed by atoms with van der Waals surface area (Å²) in [6.45, 7) is 0.867. The summed E-state index contributed by atoms with van der Waals surface area (Å²) in [5.41, 5.74) is 8.42. The molecule has 0 saturated heterocycles. The number of rotatable bonds is 6. The number of fused-ring (bicyclic) bond motifs is 1. The van der Waals surface area contributed by atoms with Crippen LogP contribution in [0.25, 0.3) is 11.0 Å². The van der Waals surface area contributed by atoms with E-state index < -0.39 is 0 Å². The summed E-state index contributed by atoms with van der Waals surface area (Å²) < 4.78 is 2.01. The highest BCUT2D eigenvalue weighted by Gasteiger charge is 2.08. The Morgan fingerprint density at radius 1 is 1.37 bits per heavy atom. The smallest absolute Gasteiger partial charge is 0.201 e. The molecule has 19 heavy (non-hydrogen) atoms. The molecule has 1 aromatic heterocycles. The second kappa shape index (κ2) is 6.48. The van der Waals surface area contributed by atoms with Gasteiger partial charge in [-0.05, 0) is 43.0 Å². The van der Waals surface area contributed by atoms with Crippen LogP contribution >= 0.6 is 11.8 Å². The van der Waals surface area contributed by atoms with Gasteiger partial charge in [0.25, 0.3) is 0 Å². The third kappa shape index (κ3) is 3.21. The first-order chi connectivity index (χ1) is 9.26. The fourth-order valence-corrected chi connectivity index (χ4v) is 2.63. The van der Waals surface area contributed by atoms with Crippen molar-refractivity contribution in [2.75, 3.05) is 17.7 Å². The molecule has 0 radical (unpaired) electrons. The number of nitrogens with two attached hydrogens (primary N) is 1. The van der Waals surface area contributed by atoms with E-state index in [0.29, 0.717) is 11.5 Å². The summed E-state index contributed by atoms with van der Waals surface area (Å²) in [6, 6.07) is 7.65. The molecule has 2 rings (SSSR count). The largest absolute Gasteiger partial charge is 0.369 e. The molecule has 2 aromatic rings. The Morgan fingerprint density at radius 2 is 2.21 bits per heavy atom. The highest BCUT2D eigenvalue weighted by atomic mass is 32.2. The lowest BCUT2D eigenvalue weighted by Gasteiger charge is -2.06. The molecule has 0 spiro atoms. The molecule has 4 nitrogen and oxygen atoms in total. The van der Waals surface area contributed by atoms with Gasteiger partial charge in [0.15, 0.2) is 0 Å². The zero-order chi connectivity index (χ0) is 13.7. The summed E-state index contributed by atoms with van der Waals surface area (Å²) in [5.74, 6) is 1.74. The molecule has 2 N–H and O–H groups in total. The molecule has 0 aliphatic heterocycles. The van der Waals surface area contributed by atoms with Crippen LogP contribution in [0, 0.1) is 11.3 Å². The number of nitriles is 1. The van der Waals surface area contributed by atoms with Gasteiger partial charge in [-0.3, -0.25) is 0 Å². The number of thioether (sulfide) groups is 1. The van der Waals surface area contributed by atoms with E-state index in [2.05, 4.69) is 17.3 Å². The van der Waals surface area contributed by atoms with Gasteiger partial charge in [0, 0.05) is 6.54 Å². The minimum absolute atomic E-state index is 0.537. The van der Waals surface area contributed by atoms with Crippen LogP contribution in [0.3, 0.4) is 0 Å². The van der Waals surface area contributed by atoms with E-state index in [1.165, 1.54) is 18.6 Å².